The van der Waals surface area contributed by atoms with Crippen molar-refractivity contribution >= 4 is 37.5 Å². The van der Waals surface area contributed by atoms with E-state index in [1.165, 1.54) is 4.70 Å². The van der Waals surface area contributed by atoms with Gasteiger partial charge in [-0.1, -0.05) is 19.1 Å². The Bertz CT molecular complexity index is 798. The number of aromatic nitrogens is 1. The van der Waals surface area contributed by atoms with E-state index < -0.39 is 0 Å². The monoisotopic (exact) mass is 391 g/mol. The predicted octanol–water partition coefficient (Wildman–Crippen LogP) is 5.91. The summed E-state index contributed by atoms with van der Waals surface area (Å²) in [6.45, 7) is 4.15. The highest BCUT2D eigenvalue weighted by molar-refractivity contribution is 9.10. The van der Waals surface area contributed by atoms with Crippen molar-refractivity contribution in [1.29, 1.82) is 0 Å². The van der Waals surface area contributed by atoms with Gasteiger partial charge in [0, 0.05) is 5.56 Å². The number of methoxy groups -OCH3 is 1. The van der Waals surface area contributed by atoms with Gasteiger partial charge in [-0.3, -0.25) is 0 Å². The summed E-state index contributed by atoms with van der Waals surface area (Å²) < 4.78 is 13.6. The summed E-state index contributed by atoms with van der Waals surface area (Å²) >= 11 is 5.28. The normalized spacial score (nSPS) is 12.3. The van der Waals surface area contributed by atoms with E-state index in [1.807, 2.05) is 37.3 Å². The Hall–Kier alpha value is -1.59. The number of halogens is 1. The molecule has 5 heteroatoms. The molecule has 120 valence electrons. The number of rotatable bonds is 5. The fourth-order valence-corrected chi connectivity index (χ4v) is 3.73. The van der Waals surface area contributed by atoms with Crippen molar-refractivity contribution < 1.29 is 9.47 Å². The summed E-state index contributed by atoms with van der Waals surface area (Å²) in [6.07, 6.45) is 1.07. The average Bonchev–Trinajstić information content (AvgIpc) is 3.00. The summed E-state index contributed by atoms with van der Waals surface area (Å²) in [5.41, 5.74) is 2.04. The standard InChI is InChI=1S/C18H18BrNO2S/c1-4-11(2)22-17-13(19)9-12(10-15(17)21-3)18-20-14-7-5-6-8-16(14)23-18/h5-11H,4H2,1-3H3/t11-/m1/s1. The Morgan fingerprint density at radius 2 is 2.04 bits per heavy atom. The Labute approximate surface area is 148 Å². The molecule has 0 bridgehead atoms. The minimum Gasteiger partial charge on any atom is -0.493 e. The van der Waals surface area contributed by atoms with Gasteiger partial charge < -0.3 is 9.47 Å². The largest absolute Gasteiger partial charge is 0.493 e. The molecule has 0 aliphatic heterocycles. The predicted molar refractivity (Wildman–Crippen MR) is 99.7 cm³/mol. The molecule has 0 fully saturated rings. The number of hydrogen-bond acceptors (Lipinski definition) is 4. The van der Waals surface area contributed by atoms with E-state index >= 15 is 0 Å². The van der Waals surface area contributed by atoms with E-state index in [0.29, 0.717) is 5.75 Å². The second-order valence-corrected chi connectivity index (χ2v) is 7.20. The number of nitrogens with zero attached hydrogens (tertiary/aromatic N) is 1. The lowest BCUT2D eigenvalue weighted by Gasteiger charge is -2.17. The van der Waals surface area contributed by atoms with Crippen LogP contribution in [0.5, 0.6) is 11.5 Å². The zero-order valence-electron chi connectivity index (χ0n) is 13.3. The van der Waals surface area contributed by atoms with E-state index in [0.717, 1.165) is 32.7 Å². The molecule has 0 amide bonds. The Balaban J connectivity index is 2.05. The van der Waals surface area contributed by atoms with Crippen LogP contribution in [-0.4, -0.2) is 18.2 Å². The number of thiazole rings is 1. The van der Waals surface area contributed by atoms with Crippen molar-refractivity contribution in [2.45, 2.75) is 26.4 Å². The molecule has 0 radical (unpaired) electrons. The van der Waals surface area contributed by atoms with Crippen LogP contribution in [0.25, 0.3) is 20.8 Å². The van der Waals surface area contributed by atoms with Gasteiger partial charge in [0.2, 0.25) is 0 Å². The van der Waals surface area contributed by atoms with Crippen LogP contribution in [-0.2, 0) is 0 Å². The van der Waals surface area contributed by atoms with Crippen LogP contribution in [0, 0.1) is 0 Å². The zero-order chi connectivity index (χ0) is 16.4. The smallest absolute Gasteiger partial charge is 0.175 e. The lowest BCUT2D eigenvalue weighted by molar-refractivity contribution is 0.206. The quantitative estimate of drug-likeness (QED) is 0.541. The lowest BCUT2D eigenvalue weighted by Crippen LogP contribution is -2.11. The Morgan fingerprint density at radius 3 is 2.74 bits per heavy atom. The van der Waals surface area contributed by atoms with E-state index in [2.05, 4.69) is 28.9 Å². The first-order valence-electron chi connectivity index (χ1n) is 7.52. The van der Waals surface area contributed by atoms with Crippen LogP contribution in [0.3, 0.4) is 0 Å². The van der Waals surface area contributed by atoms with Gasteiger partial charge in [-0.2, -0.15) is 0 Å². The molecule has 2 aromatic carbocycles. The van der Waals surface area contributed by atoms with Crippen molar-refractivity contribution in [2.75, 3.05) is 7.11 Å². The average molecular weight is 392 g/mol. The molecule has 0 N–H and O–H groups in total. The third-order valence-corrected chi connectivity index (χ3v) is 5.34. The van der Waals surface area contributed by atoms with Crippen molar-refractivity contribution in [3.8, 4) is 22.1 Å². The maximum Gasteiger partial charge on any atom is 0.175 e. The van der Waals surface area contributed by atoms with Gasteiger partial charge in [0.1, 0.15) is 5.01 Å². The minimum absolute atomic E-state index is 0.133. The number of fused-ring (bicyclic) bond motifs is 1. The number of hydrogen-bond donors (Lipinski definition) is 0. The summed E-state index contributed by atoms with van der Waals surface area (Å²) in [5.74, 6) is 1.46. The van der Waals surface area contributed by atoms with Crippen LogP contribution in [0.1, 0.15) is 20.3 Å². The molecular weight excluding hydrogens is 374 g/mol. The van der Waals surface area contributed by atoms with Gasteiger partial charge in [-0.25, -0.2) is 4.98 Å². The second-order valence-electron chi connectivity index (χ2n) is 5.31. The topological polar surface area (TPSA) is 31.4 Å². The van der Waals surface area contributed by atoms with Crippen LogP contribution in [0.4, 0.5) is 0 Å². The molecule has 1 heterocycles. The molecule has 0 saturated heterocycles. The first-order valence-corrected chi connectivity index (χ1v) is 9.13. The van der Waals surface area contributed by atoms with Crippen LogP contribution in [0.15, 0.2) is 40.9 Å². The molecule has 0 aliphatic carbocycles. The Kier molecular flexibility index (Phi) is 4.87. The highest BCUT2D eigenvalue weighted by Gasteiger charge is 2.16. The fourth-order valence-electron chi connectivity index (χ4n) is 2.24. The van der Waals surface area contributed by atoms with Gasteiger partial charge >= 0.3 is 0 Å². The molecule has 0 aliphatic rings. The van der Waals surface area contributed by atoms with Crippen LogP contribution in [0.2, 0.25) is 0 Å². The van der Waals surface area contributed by atoms with E-state index in [9.17, 15) is 0 Å². The van der Waals surface area contributed by atoms with Crippen molar-refractivity contribution in [2.24, 2.45) is 0 Å². The van der Waals surface area contributed by atoms with E-state index in [1.54, 1.807) is 18.4 Å². The third-order valence-electron chi connectivity index (χ3n) is 3.66. The third kappa shape index (κ3) is 3.35. The molecule has 1 atom stereocenters. The van der Waals surface area contributed by atoms with E-state index in [-0.39, 0.29) is 6.10 Å². The molecule has 0 unspecified atom stereocenters. The van der Waals surface area contributed by atoms with Crippen molar-refractivity contribution in [1.82, 2.24) is 4.98 Å². The molecule has 1 aromatic heterocycles. The summed E-state index contributed by atoms with van der Waals surface area (Å²) in [7, 11) is 1.66. The maximum absolute atomic E-state index is 5.98. The SMILES string of the molecule is CC[C@@H](C)Oc1c(Br)cc(-c2nc3ccccc3s2)cc1OC. The summed E-state index contributed by atoms with van der Waals surface area (Å²) in [4.78, 5) is 4.71. The highest BCUT2D eigenvalue weighted by Crippen LogP contribution is 2.41. The van der Waals surface area contributed by atoms with Crippen LogP contribution >= 0.6 is 27.3 Å². The molecule has 0 spiro atoms. The number of para-hydroxylation sites is 1. The fraction of sp³-hybridized carbons (Fsp3) is 0.278. The molecule has 3 rings (SSSR count). The van der Waals surface area contributed by atoms with Crippen molar-refractivity contribution in [3.63, 3.8) is 0 Å². The maximum atomic E-state index is 5.98. The first kappa shape index (κ1) is 16.3. The number of benzene rings is 2. The molecular formula is C18H18BrNO2S. The summed E-state index contributed by atoms with van der Waals surface area (Å²) in [6, 6.07) is 12.2. The van der Waals surface area contributed by atoms with Gasteiger partial charge in [0.05, 0.1) is 27.9 Å². The van der Waals surface area contributed by atoms with Gasteiger partial charge in [-0.05, 0) is 53.5 Å². The van der Waals surface area contributed by atoms with Gasteiger partial charge in [0.15, 0.2) is 11.5 Å². The Morgan fingerprint density at radius 1 is 1.26 bits per heavy atom. The van der Waals surface area contributed by atoms with Gasteiger partial charge in [-0.15, -0.1) is 11.3 Å². The lowest BCUT2D eigenvalue weighted by atomic mass is 10.2. The number of ether oxygens (including phenoxy) is 2. The second kappa shape index (κ2) is 6.89. The molecule has 23 heavy (non-hydrogen) atoms. The van der Waals surface area contributed by atoms with E-state index in [4.69, 9.17) is 14.5 Å². The highest BCUT2D eigenvalue weighted by atomic mass is 79.9. The molecule has 3 nitrogen and oxygen atoms in total. The van der Waals surface area contributed by atoms with Crippen LogP contribution < -0.4 is 9.47 Å². The first-order chi connectivity index (χ1) is 11.1. The zero-order valence-corrected chi connectivity index (χ0v) is 15.7. The van der Waals surface area contributed by atoms with Gasteiger partial charge in [0.25, 0.3) is 0 Å². The summed E-state index contributed by atoms with van der Waals surface area (Å²) in [5, 5.41) is 0.972. The minimum atomic E-state index is 0.133. The molecule has 3 aromatic rings. The van der Waals surface area contributed by atoms with Crippen molar-refractivity contribution in [3.05, 3.63) is 40.9 Å². The molecule has 0 saturated carbocycles.